The molecule has 0 saturated heterocycles. The van der Waals surface area contributed by atoms with Gasteiger partial charge in [-0.25, -0.2) is 9.36 Å². The average Bonchev–Trinajstić information content (AvgIpc) is 3.11. The fraction of sp³-hybridized carbons (Fsp3) is 0.0833. The van der Waals surface area contributed by atoms with Gasteiger partial charge in [-0.15, -0.1) is 10.2 Å². The molecule has 3 aromatic rings. The molecule has 0 saturated carbocycles. The van der Waals surface area contributed by atoms with Crippen molar-refractivity contribution in [2.45, 2.75) is 6.92 Å². The van der Waals surface area contributed by atoms with Crippen molar-refractivity contribution in [3.8, 4) is 11.4 Å². The largest absolute Gasteiger partial charge is 0.366 e. The van der Waals surface area contributed by atoms with Gasteiger partial charge in [-0.05, 0) is 18.6 Å². The number of carbonyl (C=O) groups excluding carboxylic acids is 1. The first kappa shape index (κ1) is 12.0. The summed E-state index contributed by atoms with van der Waals surface area (Å²) < 4.78 is 3.06. The third kappa shape index (κ3) is 1.83. The second-order valence-corrected chi connectivity index (χ2v) is 4.19. The predicted octanol–water partition coefficient (Wildman–Crippen LogP) is 0.255. The quantitative estimate of drug-likeness (QED) is 0.734. The summed E-state index contributed by atoms with van der Waals surface area (Å²) in [5.74, 6) is -0.545. The molecule has 1 aromatic carbocycles. The highest BCUT2D eigenvalue weighted by molar-refractivity contribution is 5.98. The van der Waals surface area contributed by atoms with Crippen LogP contribution >= 0.6 is 0 Å². The molecule has 0 atom stereocenters. The summed E-state index contributed by atoms with van der Waals surface area (Å²) >= 11 is 0. The van der Waals surface area contributed by atoms with E-state index in [4.69, 9.17) is 5.73 Å². The number of primary amides is 1. The van der Waals surface area contributed by atoms with Crippen molar-refractivity contribution in [3.63, 3.8) is 0 Å². The van der Waals surface area contributed by atoms with Crippen LogP contribution in [0, 0.1) is 6.92 Å². The zero-order valence-electron chi connectivity index (χ0n) is 10.6. The number of rotatable bonds is 3. The first-order chi connectivity index (χ1) is 9.68. The summed E-state index contributed by atoms with van der Waals surface area (Å²) in [6.07, 6.45) is 6.41. The van der Waals surface area contributed by atoms with E-state index in [2.05, 4.69) is 20.6 Å². The SMILES string of the molecule is Cc1ccc(C(N)=O)c(-n2ccnn2)c1-n1ccnn1. The summed E-state index contributed by atoms with van der Waals surface area (Å²) in [7, 11) is 0. The van der Waals surface area contributed by atoms with Gasteiger partial charge in [0.15, 0.2) is 0 Å². The standard InChI is InChI=1S/C12H11N7O/c1-8-2-3-9(12(13)20)11(19-7-5-15-17-19)10(8)18-6-4-14-16-18/h2-7H,1H3,(H2,13,20). The molecular formula is C12H11N7O. The van der Waals surface area contributed by atoms with E-state index < -0.39 is 5.91 Å². The van der Waals surface area contributed by atoms with Gasteiger partial charge in [0.2, 0.25) is 0 Å². The molecule has 0 radical (unpaired) electrons. The van der Waals surface area contributed by atoms with E-state index in [-0.39, 0.29) is 0 Å². The predicted molar refractivity (Wildman–Crippen MR) is 69.5 cm³/mol. The van der Waals surface area contributed by atoms with E-state index in [0.29, 0.717) is 16.9 Å². The highest BCUT2D eigenvalue weighted by Gasteiger charge is 2.19. The number of nitrogens with zero attached hydrogens (tertiary/aromatic N) is 6. The van der Waals surface area contributed by atoms with E-state index in [1.165, 1.54) is 10.9 Å². The summed E-state index contributed by atoms with van der Waals surface area (Å²) in [5, 5.41) is 15.5. The van der Waals surface area contributed by atoms with Gasteiger partial charge in [0.25, 0.3) is 5.91 Å². The lowest BCUT2D eigenvalue weighted by molar-refractivity contribution is 0.1000. The van der Waals surface area contributed by atoms with Crippen LogP contribution in [-0.2, 0) is 0 Å². The third-order valence-corrected chi connectivity index (χ3v) is 2.92. The minimum Gasteiger partial charge on any atom is -0.366 e. The molecular weight excluding hydrogens is 258 g/mol. The summed E-state index contributed by atoms with van der Waals surface area (Å²) in [4.78, 5) is 11.7. The van der Waals surface area contributed by atoms with Crippen molar-refractivity contribution in [2.75, 3.05) is 0 Å². The first-order valence-electron chi connectivity index (χ1n) is 5.85. The topological polar surface area (TPSA) is 105 Å². The second-order valence-electron chi connectivity index (χ2n) is 4.19. The highest BCUT2D eigenvalue weighted by Crippen LogP contribution is 2.25. The molecule has 0 aliphatic heterocycles. The summed E-state index contributed by atoms with van der Waals surface area (Å²) in [6.45, 7) is 1.90. The number of hydrogen-bond donors (Lipinski definition) is 1. The average molecular weight is 269 g/mol. The molecule has 0 spiro atoms. The zero-order chi connectivity index (χ0) is 14.1. The Morgan fingerprint density at radius 3 is 2.15 bits per heavy atom. The molecule has 100 valence electrons. The van der Waals surface area contributed by atoms with Crippen LogP contribution in [0.1, 0.15) is 15.9 Å². The number of hydrogen-bond acceptors (Lipinski definition) is 5. The van der Waals surface area contributed by atoms with Crippen molar-refractivity contribution in [2.24, 2.45) is 5.73 Å². The van der Waals surface area contributed by atoms with Crippen LogP contribution in [-0.4, -0.2) is 35.9 Å². The van der Waals surface area contributed by atoms with Gasteiger partial charge in [-0.1, -0.05) is 16.5 Å². The normalized spacial score (nSPS) is 10.7. The van der Waals surface area contributed by atoms with Gasteiger partial charge in [0.1, 0.15) is 5.69 Å². The van der Waals surface area contributed by atoms with Crippen molar-refractivity contribution < 1.29 is 4.79 Å². The maximum Gasteiger partial charge on any atom is 0.250 e. The van der Waals surface area contributed by atoms with Gasteiger partial charge in [-0.3, -0.25) is 4.79 Å². The lowest BCUT2D eigenvalue weighted by Crippen LogP contribution is -2.18. The molecule has 1 amide bonds. The molecule has 0 aliphatic rings. The fourth-order valence-corrected chi connectivity index (χ4v) is 2.06. The van der Waals surface area contributed by atoms with E-state index >= 15 is 0 Å². The zero-order valence-corrected chi connectivity index (χ0v) is 10.6. The number of aryl methyl sites for hydroxylation is 1. The Morgan fingerprint density at radius 1 is 1.05 bits per heavy atom. The van der Waals surface area contributed by atoms with Crippen LogP contribution in [0.5, 0.6) is 0 Å². The monoisotopic (exact) mass is 269 g/mol. The van der Waals surface area contributed by atoms with Crippen molar-refractivity contribution >= 4 is 5.91 Å². The maximum atomic E-state index is 11.7. The Morgan fingerprint density at radius 2 is 1.65 bits per heavy atom. The first-order valence-corrected chi connectivity index (χ1v) is 5.85. The van der Waals surface area contributed by atoms with E-state index in [9.17, 15) is 4.79 Å². The van der Waals surface area contributed by atoms with Gasteiger partial charge >= 0.3 is 0 Å². The lowest BCUT2D eigenvalue weighted by atomic mass is 10.1. The Bertz CT molecular complexity index is 746. The number of carbonyl (C=O) groups is 1. The molecule has 8 heteroatoms. The second kappa shape index (κ2) is 4.57. The van der Waals surface area contributed by atoms with Crippen molar-refractivity contribution in [1.82, 2.24) is 30.0 Å². The van der Waals surface area contributed by atoms with Crippen LogP contribution in [0.25, 0.3) is 11.4 Å². The Hall–Kier alpha value is -3.03. The van der Waals surface area contributed by atoms with E-state index in [1.807, 2.05) is 6.92 Å². The molecule has 0 fully saturated rings. The third-order valence-electron chi connectivity index (χ3n) is 2.92. The van der Waals surface area contributed by atoms with Crippen LogP contribution in [0.2, 0.25) is 0 Å². The minimum absolute atomic E-state index is 0.339. The minimum atomic E-state index is -0.545. The Kier molecular flexibility index (Phi) is 2.75. The summed E-state index contributed by atoms with van der Waals surface area (Å²) in [5.41, 5.74) is 7.91. The van der Waals surface area contributed by atoms with Gasteiger partial charge in [0.05, 0.1) is 36.0 Å². The molecule has 20 heavy (non-hydrogen) atoms. The number of benzene rings is 1. The number of aromatic nitrogens is 6. The van der Waals surface area contributed by atoms with Crippen molar-refractivity contribution in [3.05, 3.63) is 48.0 Å². The molecule has 0 unspecified atom stereocenters. The Balaban J connectivity index is 2.38. The highest BCUT2D eigenvalue weighted by atomic mass is 16.1. The van der Waals surface area contributed by atoms with Crippen LogP contribution in [0.4, 0.5) is 0 Å². The Labute approximate surface area is 113 Å². The molecule has 0 bridgehead atoms. The maximum absolute atomic E-state index is 11.7. The van der Waals surface area contributed by atoms with E-state index in [0.717, 1.165) is 5.56 Å². The van der Waals surface area contributed by atoms with Crippen molar-refractivity contribution in [1.29, 1.82) is 0 Å². The molecule has 2 heterocycles. The molecule has 3 rings (SSSR count). The van der Waals surface area contributed by atoms with E-state index in [1.54, 1.807) is 35.4 Å². The smallest absolute Gasteiger partial charge is 0.250 e. The molecule has 8 nitrogen and oxygen atoms in total. The van der Waals surface area contributed by atoms with Crippen LogP contribution in [0.3, 0.4) is 0 Å². The van der Waals surface area contributed by atoms with Crippen LogP contribution < -0.4 is 5.73 Å². The lowest BCUT2D eigenvalue weighted by Gasteiger charge is -2.14. The number of amides is 1. The van der Waals surface area contributed by atoms with Gasteiger partial charge in [0, 0.05) is 0 Å². The summed E-state index contributed by atoms with van der Waals surface area (Å²) in [6, 6.07) is 3.46. The van der Waals surface area contributed by atoms with Gasteiger partial charge in [-0.2, -0.15) is 0 Å². The molecule has 2 aromatic heterocycles. The molecule has 0 aliphatic carbocycles. The van der Waals surface area contributed by atoms with Crippen LogP contribution in [0.15, 0.2) is 36.9 Å². The number of nitrogens with two attached hydrogens (primary N) is 1. The van der Waals surface area contributed by atoms with Gasteiger partial charge < -0.3 is 5.73 Å². The molecule has 2 N–H and O–H groups in total. The fourth-order valence-electron chi connectivity index (χ4n) is 2.06.